The molecular weight excluding hydrogens is 286 g/mol. The summed E-state index contributed by atoms with van der Waals surface area (Å²) < 4.78 is 27.8. The molecule has 5 nitrogen and oxygen atoms in total. The van der Waals surface area contributed by atoms with Gasteiger partial charge in [0.15, 0.2) is 0 Å². The Morgan fingerprint density at radius 3 is 2.48 bits per heavy atom. The molecule has 1 fully saturated rings. The number of hydrazine groups is 1. The maximum Gasteiger partial charge on any atom is 0.242 e. The summed E-state index contributed by atoms with van der Waals surface area (Å²) >= 11 is 0. The summed E-state index contributed by atoms with van der Waals surface area (Å²) in [6.07, 6.45) is 6.51. The fraction of sp³-hybridized carbons (Fsp3) is 0.600. The van der Waals surface area contributed by atoms with E-state index in [1.807, 2.05) is 0 Å². The van der Waals surface area contributed by atoms with Crippen LogP contribution in [-0.2, 0) is 10.0 Å². The molecule has 0 aliphatic heterocycles. The topological polar surface area (TPSA) is 84.2 Å². The van der Waals surface area contributed by atoms with Gasteiger partial charge in [-0.1, -0.05) is 31.9 Å². The van der Waals surface area contributed by atoms with E-state index in [1.54, 1.807) is 24.3 Å². The Bertz CT molecular complexity index is 552. The Kier molecular flexibility index (Phi) is 5.61. The number of rotatable bonds is 6. The SMILES string of the molecule is CCCC1CCC(NS(=O)(=O)c2ccccc2NN)CC1. The predicted octanol–water partition coefficient (Wildman–Crippen LogP) is 2.61. The van der Waals surface area contributed by atoms with Crippen LogP contribution in [0.25, 0.3) is 0 Å². The van der Waals surface area contributed by atoms with Crippen molar-refractivity contribution >= 4 is 15.7 Å². The second-order valence-electron chi connectivity index (χ2n) is 5.77. The molecule has 0 atom stereocenters. The second kappa shape index (κ2) is 7.24. The molecule has 21 heavy (non-hydrogen) atoms. The first-order valence-corrected chi connectivity index (χ1v) is 9.13. The van der Waals surface area contributed by atoms with Crippen molar-refractivity contribution in [3.8, 4) is 0 Å². The quantitative estimate of drug-likeness (QED) is 0.557. The van der Waals surface area contributed by atoms with E-state index < -0.39 is 10.0 Å². The molecule has 1 aromatic carbocycles. The fourth-order valence-corrected chi connectivity index (χ4v) is 4.56. The van der Waals surface area contributed by atoms with Crippen LogP contribution in [0.15, 0.2) is 29.2 Å². The van der Waals surface area contributed by atoms with Gasteiger partial charge in [0.05, 0.1) is 5.69 Å². The molecule has 0 saturated heterocycles. The summed E-state index contributed by atoms with van der Waals surface area (Å²) in [5.41, 5.74) is 2.86. The summed E-state index contributed by atoms with van der Waals surface area (Å²) in [5.74, 6) is 6.15. The van der Waals surface area contributed by atoms with Gasteiger partial charge in [0.1, 0.15) is 4.90 Å². The monoisotopic (exact) mass is 311 g/mol. The number of nitrogen functional groups attached to an aromatic ring is 1. The van der Waals surface area contributed by atoms with Gasteiger partial charge in [-0.15, -0.1) is 0 Å². The molecule has 118 valence electrons. The molecule has 0 radical (unpaired) electrons. The summed E-state index contributed by atoms with van der Waals surface area (Å²) in [5, 5.41) is 0. The van der Waals surface area contributed by atoms with Crippen molar-refractivity contribution < 1.29 is 8.42 Å². The third-order valence-corrected chi connectivity index (χ3v) is 5.78. The smallest absolute Gasteiger partial charge is 0.242 e. The van der Waals surface area contributed by atoms with E-state index in [4.69, 9.17) is 5.84 Å². The van der Waals surface area contributed by atoms with Gasteiger partial charge < -0.3 is 5.43 Å². The van der Waals surface area contributed by atoms with E-state index in [0.717, 1.165) is 31.6 Å². The standard InChI is InChI=1S/C15H25N3O2S/c1-2-5-12-8-10-13(11-9-12)18-21(19,20)15-7-4-3-6-14(15)17-16/h3-4,6-7,12-13,17-18H,2,5,8-11,16H2,1H3. The van der Waals surface area contributed by atoms with Gasteiger partial charge in [0, 0.05) is 6.04 Å². The van der Waals surface area contributed by atoms with E-state index in [9.17, 15) is 8.42 Å². The average Bonchev–Trinajstić information content (AvgIpc) is 2.49. The molecule has 0 spiro atoms. The Morgan fingerprint density at radius 2 is 1.86 bits per heavy atom. The zero-order chi connectivity index (χ0) is 15.3. The average molecular weight is 311 g/mol. The lowest BCUT2D eigenvalue weighted by molar-refractivity contribution is 0.297. The van der Waals surface area contributed by atoms with Crippen LogP contribution in [0.5, 0.6) is 0 Å². The van der Waals surface area contributed by atoms with Gasteiger partial charge in [-0.25, -0.2) is 13.1 Å². The molecule has 0 heterocycles. The van der Waals surface area contributed by atoms with Crippen molar-refractivity contribution in [2.75, 3.05) is 5.43 Å². The summed E-state index contributed by atoms with van der Waals surface area (Å²) in [6, 6.07) is 6.72. The molecule has 0 bridgehead atoms. The van der Waals surface area contributed by atoms with Gasteiger partial charge in [-0.2, -0.15) is 0 Å². The lowest BCUT2D eigenvalue weighted by Gasteiger charge is -2.29. The van der Waals surface area contributed by atoms with Crippen molar-refractivity contribution in [3.63, 3.8) is 0 Å². The highest BCUT2D eigenvalue weighted by Gasteiger charge is 2.26. The van der Waals surface area contributed by atoms with Crippen LogP contribution in [0.1, 0.15) is 45.4 Å². The predicted molar refractivity (Wildman–Crippen MR) is 85.2 cm³/mol. The summed E-state index contributed by atoms with van der Waals surface area (Å²) in [7, 11) is -3.52. The van der Waals surface area contributed by atoms with Gasteiger partial charge in [-0.05, 0) is 43.7 Å². The number of benzene rings is 1. The number of sulfonamides is 1. The van der Waals surface area contributed by atoms with Gasteiger partial charge in [0.25, 0.3) is 0 Å². The van der Waals surface area contributed by atoms with Crippen LogP contribution in [0.4, 0.5) is 5.69 Å². The Labute approximate surface area is 127 Å². The zero-order valence-corrected chi connectivity index (χ0v) is 13.3. The largest absolute Gasteiger partial charge is 0.323 e. The second-order valence-corrected chi connectivity index (χ2v) is 7.45. The van der Waals surface area contributed by atoms with Crippen LogP contribution in [0.2, 0.25) is 0 Å². The highest BCUT2D eigenvalue weighted by molar-refractivity contribution is 7.89. The number of anilines is 1. The molecule has 6 heteroatoms. The molecule has 1 aromatic rings. The lowest BCUT2D eigenvalue weighted by atomic mass is 9.84. The molecule has 1 aliphatic carbocycles. The fourth-order valence-electron chi connectivity index (χ4n) is 3.08. The molecule has 0 aromatic heterocycles. The first-order valence-electron chi connectivity index (χ1n) is 7.64. The number of nitrogens with two attached hydrogens (primary N) is 1. The minimum atomic E-state index is -3.52. The van der Waals surface area contributed by atoms with Gasteiger partial charge >= 0.3 is 0 Å². The maximum absolute atomic E-state index is 12.5. The molecule has 0 unspecified atom stereocenters. The number of para-hydroxylation sites is 1. The van der Waals surface area contributed by atoms with Crippen molar-refractivity contribution in [3.05, 3.63) is 24.3 Å². The number of nitrogens with one attached hydrogen (secondary N) is 2. The summed E-state index contributed by atoms with van der Waals surface area (Å²) in [6.45, 7) is 2.20. The van der Waals surface area contributed by atoms with E-state index >= 15 is 0 Å². The zero-order valence-electron chi connectivity index (χ0n) is 12.5. The minimum absolute atomic E-state index is 0.0361. The maximum atomic E-state index is 12.5. The normalized spacial score (nSPS) is 23.0. The Hall–Kier alpha value is -1.11. The molecule has 0 amide bonds. The molecular formula is C15H25N3O2S. The van der Waals surface area contributed by atoms with Crippen molar-refractivity contribution in [1.82, 2.24) is 4.72 Å². The van der Waals surface area contributed by atoms with Gasteiger partial charge in [-0.3, -0.25) is 5.84 Å². The van der Waals surface area contributed by atoms with Crippen LogP contribution in [0, 0.1) is 5.92 Å². The van der Waals surface area contributed by atoms with E-state index in [2.05, 4.69) is 17.1 Å². The minimum Gasteiger partial charge on any atom is -0.323 e. The first kappa shape index (κ1) is 16.3. The van der Waals surface area contributed by atoms with Crippen LogP contribution >= 0.6 is 0 Å². The van der Waals surface area contributed by atoms with Gasteiger partial charge in [0.2, 0.25) is 10.0 Å². The van der Waals surface area contributed by atoms with Crippen molar-refractivity contribution in [2.45, 2.75) is 56.4 Å². The Balaban J connectivity index is 2.02. The van der Waals surface area contributed by atoms with Crippen LogP contribution < -0.4 is 16.0 Å². The number of hydrogen-bond acceptors (Lipinski definition) is 4. The summed E-state index contributed by atoms with van der Waals surface area (Å²) in [4.78, 5) is 0.211. The van der Waals surface area contributed by atoms with Crippen LogP contribution in [0.3, 0.4) is 0 Å². The molecule has 1 saturated carbocycles. The first-order chi connectivity index (χ1) is 10.1. The van der Waals surface area contributed by atoms with Crippen molar-refractivity contribution in [2.24, 2.45) is 11.8 Å². The van der Waals surface area contributed by atoms with E-state index in [0.29, 0.717) is 5.69 Å². The van der Waals surface area contributed by atoms with E-state index in [-0.39, 0.29) is 10.9 Å². The van der Waals surface area contributed by atoms with Crippen molar-refractivity contribution in [1.29, 1.82) is 0 Å². The third kappa shape index (κ3) is 4.18. The molecule has 2 rings (SSSR count). The third-order valence-electron chi connectivity index (χ3n) is 4.20. The lowest BCUT2D eigenvalue weighted by Crippen LogP contribution is -2.38. The van der Waals surface area contributed by atoms with Crippen LogP contribution in [-0.4, -0.2) is 14.5 Å². The van der Waals surface area contributed by atoms with E-state index in [1.165, 1.54) is 12.8 Å². The molecule has 1 aliphatic rings. The Morgan fingerprint density at radius 1 is 1.19 bits per heavy atom. The molecule has 4 N–H and O–H groups in total. The highest BCUT2D eigenvalue weighted by Crippen LogP contribution is 2.29. The number of hydrogen-bond donors (Lipinski definition) is 3. The highest BCUT2D eigenvalue weighted by atomic mass is 32.2.